The van der Waals surface area contributed by atoms with E-state index in [9.17, 15) is 4.79 Å². The number of carbonyl (C=O) groups is 1. The number of likely N-dealkylation sites (tertiary alicyclic amines) is 1. The van der Waals surface area contributed by atoms with Crippen molar-refractivity contribution in [3.8, 4) is 11.1 Å². The van der Waals surface area contributed by atoms with Crippen molar-refractivity contribution in [1.82, 2.24) is 24.4 Å². The lowest BCUT2D eigenvalue weighted by molar-refractivity contribution is 0.0678. The Kier molecular flexibility index (Phi) is 5.90. The fraction of sp³-hybridized carbons (Fsp3) is 0.300. The van der Waals surface area contributed by atoms with Crippen molar-refractivity contribution in [3.63, 3.8) is 0 Å². The third-order valence-corrected chi connectivity index (χ3v) is 8.08. The van der Waals surface area contributed by atoms with Gasteiger partial charge in [-0.05, 0) is 61.6 Å². The van der Waals surface area contributed by atoms with Crippen LogP contribution in [0.5, 0.6) is 0 Å². The van der Waals surface area contributed by atoms with E-state index in [2.05, 4.69) is 14.5 Å². The highest BCUT2D eigenvalue weighted by molar-refractivity contribution is 6.31. The normalized spacial score (nSPS) is 18.6. The van der Waals surface area contributed by atoms with Gasteiger partial charge in [0, 0.05) is 53.4 Å². The summed E-state index contributed by atoms with van der Waals surface area (Å²) in [5, 5.41) is 1.61. The van der Waals surface area contributed by atoms with Gasteiger partial charge in [0.05, 0.1) is 0 Å². The summed E-state index contributed by atoms with van der Waals surface area (Å²) in [6.45, 7) is 2.09. The molecule has 0 spiro atoms. The molecule has 0 bridgehead atoms. The van der Waals surface area contributed by atoms with Gasteiger partial charge in [0.15, 0.2) is 5.65 Å². The predicted molar refractivity (Wildman–Crippen MR) is 148 cm³/mol. The van der Waals surface area contributed by atoms with Gasteiger partial charge in [-0.3, -0.25) is 4.79 Å². The number of benzene rings is 2. The second kappa shape index (κ2) is 9.57. The van der Waals surface area contributed by atoms with E-state index in [1.54, 1.807) is 0 Å². The van der Waals surface area contributed by atoms with Crippen LogP contribution in [0.4, 0.5) is 0 Å². The monoisotopic (exact) mass is 525 g/mol. The van der Waals surface area contributed by atoms with Crippen LogP contribution in [0.1, 0.15) is 54.1 Å². The van der Waals surface area contributed by atoms with Crippen molar-refractivity contribution >= 4 is 39.6 Å². The number of piperidine rings is 1. The molecule has 1 amide bonds. The van der Waals surface area contributed by atoms with Crippen LogP contribution in [0.2, 0.25) is 5.02 Å². The molecule has 38 heavy (non-hydrogen) atoms. The molecule has 3 aromatic heterocycles. The highest BCUT2D eigenvalue weighted by atomic mass is 35.5. The molecule has 5 aromatic rings. The Bertz CT molecular complexity index is 1630. The maximum Gasteiger partial charge on any atom is 0.270 e. The molecule has 1 unspecified atom stereocenters. The average molecular weight is 526 g/mol. The molecule has 2 fully saturated rings. The number of hydrogen-bond acceptors (Lipinski definition) is 4. The molecule has 192 valence electrons. The largest absolute Gasteiger partial charge is 0.370 e. The van der Waals surface area contributed by atoms with E-state index in [4.69, 9.17) is 21.3 Å². The van der Waals surface area contributed by atoms with Crippen LogP contribution in [-0.2, 0) is 4.74 Å². The summed E-state index contributed by atoms with van der Waals surface area (Å²) in [4.78, 5) is 28.9. The summed E-state index contributed by atoms with van der Waals surface area (Å²) in [5.74, 6) is 0.988. The molecule has 7 rings (SSSR count). The molecule has 0 radical (unpaired) electrons. The minimum Gasteiger partial charge on any atom is -0.370 e. The highest BCUT2D eigenvalue weighted by Crippen LogP contribution is 2.37. The SMILES string of the molecule is O=C(c1[nH]c2ccc(Cl)cc2c1-c1ccccc1)N1CCC(n2c(C3CCCO3)nc3cccnc32)CC1. The van der Waals surface area contributed by atoms with Gasteiger partial charge in [-0.25, -0.2) is 9.97 Å². The van der Waals surface area contributed by atoms with Gasteiger partial charge in [0.2, 0.25) is 0 Å². The fourth-order valence-electron chi connectivity index (χ4n) is 6.03. The quantitative estimate of drug-likeness (QED) is 0.288. The van der Waals surface area contributed by atoms with Crippen LogP contribution in [0.3, 0.4) is 0 Å². The van der Waals surface area contributed by atoms with Gasteiger partial charge in [-0.15, -0.1) is 0 Å². The topological polar surface area (TPSA) is 76.0 Å². The summed E-state index contributed by atoms with van der Waals surface area (Å²) < 4.78 is 8.31. The van der Waals surface area contributed by atoms with Crippen LogP contribution >= 0.6 is 11.6 Å². The molecule has 2 aliphatic rings. The van der Waals surface area contributed by atoms with Gasteiger partial charge < -0.3 is 19.2 Å². The maximum atomic E-state index is 13.9. The first kappa shape index (κ1) is 23.4. The second-order valence-corrected chi connectivity index (χ2v) is 10.6. The molecule has 2 aromatic carbocycles. The minimum absolute atomic E-state index is 0.00969. The zero-order valence-electron chi connectivity index (χ0n) is 20.9. The van der Waals surface area contributed by atoms with E-state index < -0.39 is 0 Å². The number of halogens is 1. The van der Waals surface area contributed by atoms with Crippen molar-refractivity contribution in [1.29, 1.82) is 0 Å². The molecule has 2 aliphatic heterocycles. The van der Waals surface area contributed by atoms with Gasteiger partial charge in [0.1, 0.15) is 23.1 Å². The smallest absolute Gasteiger partial charge is 0.270 e. The number of amides is 1. The average Bonchev–Trinajstić information content (AvgIpc) is 3.70. The molecule has 1 atom stereocenters. The maximum absolute atomic E-state index is 13.9. The van der Waals surface area contributed by atoms with Crippen LogP contribution in [0.25, 0.3) is 33.2 Å². The Morgan fingerprint density at radius 1 is 1.03 bits per heavy atom. The lowest BCUT2D eigenvalue weighted by atomic mass is 10.00. The van der Waals surface area contributed by atoms with Crippen molar-refractivity contribution in [2.24, 2.45) is 0 Å². The van der Waals surface area contributed by atoms with Crippen molar-refractivity contribution in [2.75, 3.05) is 19.7 Å². The number of rotatable bonds is 4. The highest BCUT2D eigenvalue weighted by Gasteiger charge is 2.32. The number of nitrogens with zero attached hydrogens (tertiary/aromatic N) is 4. The zero-order valence-corrected chi connectivity index (χ0v) is 21.7. The molecular weight excluding hydrogens is 498 g/mol. The summed E-state index contributed by atoms with van der Waals surface area (Å²) in [6.07, 6.45) is 5.53. The summed E-state index contributed by atoms with van der Waals surface area (Å²) in [6, 6.07) is 19.9. The third-order valence-electron chi connectivity index (χ3n) is 7.85. The number of hydrogen-bond donors (Lipinski definition) is 1. The summed E-state index contributed by atoms with van der Waals surface area (Å²) in [7, 11) is 0. The van der Waals surface area contributed by atoms with E-state index in [0.717, 1.165) is 71.3 Å². The molecule has 2 saturated heterocycles. The number of nitrogens with one attached hydrogen (secondary N) is 1. The Hall–Kier alpha value is -3.68. The number of aromatic nitrogens is 4. The first-order valence-electron chi connectivity index (χ1n) is 13.3. The first-order valence-corrected chi connectivity index (χ1v) is 13.7. The van der Waals surface area contributed by atoms with Gasteiger partial charge >= 0.3 is 0 Å². The van der Waals surface area contributed by atoms with Gasteiger partial charge in [-0.2, -0.15) is 0 Å². The summed E-state index contributed by atoms with van der Waals surface area (Å²) in [5.41, 5.74) is 5.23. The van der Waals surface area contributed by atoms with Crippen molar-refractivity contribution in [2.45, 2.75) is 37.8 Å². The van der Waals surface area contributed by atoms with Crippen molar-refractivity contribution in [3.05, 3.63) is 83.4 Å². The number of pyridine rings is 1. The van der Waals surface area contributed by atoms with Crippen LogP contribution in [-0.4, -0.2) is 50.0 Å². The molecule has 0 aliphatic carbocycles. The molecular formula is C30H28ClN5O2. The number of aromatic amines is 1. The number of ether oxygens (including phenoxy) is 1. The lowest BCUT2D eigenvalue weighted by Crippen LogP contribution is -2.39. The Balaban J connectivity index is 1.19. The van der Waals surface area contributed by atoms with E-state index >= 15 is 0 Å². The van der Waals surface area contributed by atoms with E-state index in [-0.39, 0.29) is 18.1 Å². The number of H-pyrrole nitrogens is 1. The van der Waals surface area contributed by atoms with E-state index in [1.807, 2.05) is 71.8 Å². The van der Waals surface area contributed by atoms with E-state index in [1.165, 1.54) is 0 Å². The summed E-state index contributed by atoms with van der Waals surface area (Å²) >= 11 is 6.35. The van der Waals surface area contributed by atoms with Crippen molar-refractivity contribution < 1.29 is 9.53 Å². The molecule has 8 heteroatoms. The molecule has 5 heterocycles. The first-order chi connectivity index (χ1) is 18.7. The standard InChI is InChI=1S/C30H28ClN5O2/c31-20-10-11-23-22(18-20)26(19-6-2-1-3-7-19)27(33-23)30(37)35-15-12-21(13-16-35)36-28-24(8-4-14-32-28)34-29(36)25-9-5-17-38-25/h1-4,6-8,10-11,14,18,21,25,33H,5,9,12-13,15-17H2. The Morgan fingerprint density at radius 3 is 2.66 bits per heavy atom. The van der Waals surface area contributed by atoms with E-state index in [0.29, 0.717) is 23.8 Å². The second-order valence-electron chi connectivity index (χ2n) is 10.1. The minimum atomic E-state index is 0.00969. The molecule has 1 N–H and O–H groups in total. The zero-order chi connectivity index (χ0) is 25.6. The fourth-order valence-corrected chi connectivity index (χ4v) is 6.20. The molecule has 0 saturated carbocycles. The lowest BCUT2D eigenvalue weighted by Gasteiger charge is -2.33. The van der Waals surface area contributed by atoms with Gasteiger partial charge in [0.25, 0.3) is 5.91 Å². The third kappa shape index (κ3) is 3.97. The predicted octanol–water partition coefficient (Wildman–Crippen LogP) is 6.56. The number of fused-ring (bicyclic) bond motifs is 2. The Labute approximate surface area is 225 Å². The number of carbonyl (C=O) groups excluding carboxylic acids is 1. The van der Waals surface area contributed by atoms with Crippen LogP contribution in [0.15, 0.2) is 66.9 Å². The number of imidazole rings is 1. The Morgan fingerprint density at radius 2 is 1.87 bits per heavy atom. The van der Waals surface area contributed by atoms with Crippen LogP contribution < -0.4 is 0 Å². The van der Waals surface area contributed by atoms with Gasteiger partial charge in [-0.1, -0.05) is 41.9 Å². The van der Waals surface area contributed by atoms with Crippen LogP contribution in [0, 0.1) is 0 Å². The molecule has 7 nitrogen and oxygen atoms in total.